The molecule has 0 heterocycles. The molecule has 0 aliphatic carbocycles. The number of carbonyl (C=O) groups is 1. The van der Waals surface area contributed by atoms with Gasteiger partial charge in [-0.25, -0.2) is 0 Å². The monoisotopic (exact) mass is 114 g/mol. The first-order valence-corrected chi connectivity index (χ1v) is 2.43. The van der Waals surface area contributed by atoms with Crippen molar-refractivity contribution in [3.63, 3.8) is 0 Å². The van der Waals surface area contributed by atoms with Gasteiger partial charge in [0.25, 0.3) is 0 Å². The predicted molar refractivity (Wildman–Crippen MR) is 29.0 cm³/mol. The summed E-state index contributed by atoms with van der Waals surface area (Å²) in [6, 6.07) is 0. The Labute approximate surface area is 48.1 Å². The van der Waals surface area contributed by atoms with E-state index in [1.807, 2.05) is 0 Å². The predicted octanol–water partition coefficient (Wildman–Crippen LogP) is -0.378. The second-order valence-electron chi connectivity index (χ2n) is 1.27. The normalized spacial score (nSPS) is 8.12. The third-order valence-electron chi connectivity index (χ3n) is 0.607. The molecule has 0 aliphatic rings. The van der Waals surface area contributed by atoms with Crippen molar-refractivity contribution in [2.75, 3.05) is 6.54 Å². The minimum Gasteiger partial charge on any atom is -0.356 e. The minimum absolute atomic E-state index is 0.145. The van der Waals surface area contributed by atoms with Gasteiger partial charge in [-0.2, -0.15) is 0 Å². The zero-order chi connectivity index (χ0) is 6.41. The fourth-order valence-corrected chi connectivity index (χ4v) is 0.325. The van der Waals surface area contributed by atoms with Crippen molar-refractivity contribution in [3.8, 4) is 0 Å². The van der Waals surface area contributed by atoms with Crippen molar-refractivity contribution < 1.29 is 9.59 Å². The van der Waals surface area contributed by atoms with Crippen molar-refractivity contribution >= 4 is 12.2 Å². The van der Waals surface area contributed by atoms with Crippen LogP contribution in [-0.4, -0.2) is 18.7 Å². The molecular formula is C5H8NO2. The Morgan fingerprint density at radius 3 is 2.75 bits per heavy atom. The van der Waals surface area contributed by atoms with Gasteiger partial charge in [0.2, 0.25) is 12.2 Å². The summed E-state index contributed by atoms with van der Waals surface area (Å²) in [4.78, 5) is 19.8. The number of carbonyl (C=O) groups excluding carboxylic acids is 2. The summed E-state index contributed by atoms with van der Waals surface area (Å²) in [7, 11) is 0. The number of hydrogen-bond donors (Lipinski definition) is 1. The van der Waals surface area contributed by atoms with Gasteiger partial charge in [-0.1, -0.05) is 0 Å². The summed E-state index contributed by atoms with van der Waals surface area (Å²) in [5.74, 6) is -0.262. The zero-order valence-corrected chi connectivity index (χ0v) is 4.73. The summed E-state index contributed by atoms with van der Waals surface area (Å²) in [6.45, 7) is 2.36. The standard InChI is InChI=1S/C5H8NO2/c1-2-6-5(8)3-4-7/h2-3H2,1H3,(H,6,8). The van der Waals surface area contributed by atoms with Gasteiger partial charge in [0.05, 0.1) is 6.42 Å². The summed E-state index contributed by atoms with van der Waals surface area (Å²) in [5, 5.41) is 2.44. The van der Waals surface area contributed by atoms with E-state index in [1.54, 1.807) is 6.92 Å². The lowest BCUT2D eigenvalue weighted by Gasteiger charge is -1.92. The maximum absolute atomic E-state index is 10.3. The van der Waals surface area contributed by atoms with E-state index in [4.69, 9.17) is 0 Å². The summed E-state index contributed by atoms with van der Waals surface area (Å²) in [5.41, 5.74) is 0. The van der Waals surface area contributed by atoms with E-state index >= 15 is 0 Å². The zero-order valence-electron chi connectivity index (χ0n) is 4.73. The van der Waals surface area contributed by atoms with Gasteiger partial charge in [-0.3, -0.25) is 9.59 Å². The van der Waals surface area contributed by atoms with Crippen LogP contribution in [0.3, 0.4) is 0 Å². The van der Waals surface area contributed by atoms with Crippen LogP contribution in [0.4, 0.5) is 0 Å². The average Bonchev–Trinajstić information content (AvgIpc) is 1.68. The van der Waals surface area contributed by atoms with E-state index in [0.29, 0.717) is 6.54 Å². The molecule has 3 nitrogen and oxygen atoms in total. The first-order valence-electron chi connectivity index (χ1n) is 2.43. The van der Waals surface area contributed by atoms with Crippen LogP contribution in [0.15, 0.2) is 0 Å². The Morgan fingerprint density at radius 2 is 2.38 bits per heavy atom. The van der Waals surface area contributed by atoms with Crippen molar-refractivity contribution in [2.24, 2.45) is 0 Å². The van der Waals surface area contributed by atoms with E-state index in [0.717, 1.165) is 0 Å². The smallest absolute Gasteiger partial charge is 0.227 e. The molecule has 0 bridgehead atoms. The van der Waals surface area contributed by atoms with Crippen molar-refractivity contribution in [3.05, 3.63) is 0 Å². The molecule has 0 aromatic heterocycles. The van der Waals surface area contributed by atoms with Crippen molar-refractivity contribution in [1.29, 1.82) is 0 Å². The van der Waals surface area contributed by atoms with E-state index in [2.05, 4.69) is 5.32 Å². The molecule has 1 N–H and O–H groups in total. The van der Waals surface area contributed by atoms with Gasteiger partial charge < -0.3 is 5.32 Å². The molecule has 0 saturated carbocycles. The molecule has 0 rings (SSSR count). The second-order valence-corrected chi connectivity index (χ2v) is 1.27. The fourth-order valence-electron chi connectivity index (χ4n) is 0.325. The van der Waals surface area contributed by atoms with Crippen LogP contribution >= 0.6 is 0 Å². The van der Waals surface area contributed by atoms with Gasteiger partial charge in [0.1, 0.15) is 0 Å². The van der Waals surface area contributed by atoms with Crippen LogP contribution in [0.2, 0.25) is 0 Å². The molecule has 3 heteroatoms. The highest BCUT2D eigenvalue weighted by atomic mass is 16.2. The van der Waals surface area contributed by atoms with Gasteiger partial charge in [-0.15, -0.1) is 0 Å². The molecule has 0 unspecified atom stereocenters. The van der Waals surface area contributed by atoms with Gasteiger partial charge >= 0.3 is 0 Å². The maximum atomic E-state index is 10.3. The van der Waals surface area contributed by atoms with Crippen LogP contribution in [0, 0.1) is 0 Å². The Morgan fingerprint density at radius 1 is 1.75 bits per heavy atom. The molecule has 45 valence electrons. The van der Waals surface area contributed by atoms with Gasteiger partial charge in [0, 0.05) is 6.54 Å². The highest BCUT2D eigenvalue weighted by molar-refractivity contribution is 5.88. The van der Waals surface area contributed by atoms with Crippen LogP contribution < -0.4 is 5.32 Å². The lowest BCUT2D eigenvalue weighted by molar-refractivity contribution is -0.119. The second kappa shape index (κ2) is 4.30. The highest BCUT2D eigenvalue weighted by Gasteiger charge is 1.94. The lowest BCUT2D eigenvalue weighted by atomic mass is 10.4. The Kier molecular flexibility index (Phi) is 3.84. The van der Waals surface area contributed by atoms with E-state index < -0.39 is 0 Å². The van der Waals surface area contributed by atoms with E-state index in [-0.39, 0.29) is 12.3 Å². The van der Waals surface area contributed by atoms with Gasteiger partial charge in [-0.05, 0) is 6.92 Å². The SMILES string of the molecule is CCNC(=O)C[C]=O. The minimum atomic E-state index is -0.262. The third kappa shape index (κ3) is 3.33. The molecular weight excluding hydrogens is 106 g/mol. The third-order valence-corrected chi connectivity index (χ3v) is 0.607. The Bertz CT molecular complexity index is 90.4. The molecule has 0 aromatic carbocycles. The number of amides is 1. The van der Waals surface area contributed by atoms with Crippen LogP contribution in [0.5, 0.6) is 0 Å². The molecule has 0 spiro atoms. The highest BCUT2D eigenvalue weighted by Crippen LogP contribution is 1.69. The Balaban J connectivity index is 3.18. The molecule has 0 saturated heterocycles. The van der Waals surface area contributed by atoms with Crippen LogP contribution in [-0.2, 0) is 9.59 Å². The molecule has 0 atom stereocenters. The topological polar surface area (TPSA) is 46.2 Å². The number of hydrogen-bond acceptors (Lipinski definition) is 2. The largest absolute Gasteiger partial charge is 0.356 e. The fraction of sp³-hybridized carbons (Fsp3) is 0.600. The van der Waals surface area contributed by atoms with Crippen molar-refractivity contribution in [2.45, 2.75) is 13.3 Å². The van der Waals surface area contributed by atoms with Crippen LogP contribution in [0.1, 0.15) is 13.3 Å². The first kappa shape index (κ1) is 7.14. The molecule has 0 aromatic rings. The van der Waals surface area contributed by atoms with E-state index in [1.165, 1.54) is 6.29 Å². The maximum Gasteiger partial charge on any atom is 0.227 e. The quantitative estimate of drug-likeness (QED) is 0.508. The first-order chi connectivity index (χ1) is 3.81. The molecule has 1 amide bonds. The molecule has 0 aliphatic heterocycles. The van der Waals surface area contributed by atoms with E-state index in [9.17, 15) is 9.59 Å². The Hall–Kier alpha value is -0.860. The molecule has 1 radical (unpaired) electrons. The molecule has 0 fully saturated rings. The van der Waals surface area contributed by atoms with Crippen molar-refractivity contribution in [1.82, 2.24) is 5.32 Å². The summed E-state index contributed by atoms with van der Waals surface area (Å²) >= 11 is 0. The number of nitrogens with one attached hydrogen (secondary N) is 1. The molecule has 8 heavy (non-hydrogen) atoms. The number of rotatable bonds is 3. The summed E-state index contributed by atoms with van der Waals surface area (Å²) < 4.78 is 0. The van der Waals surface area contributed by atoms with Crippen LogP contribution in [0.25, 0.3) is 0 Å². The lowest BCUT2D eigenvalue weighted by Crippen LogP contribution is -2.22. The average molecular weight is 114 g/mol. The summed E-state index contributed by atoms with van der Waals surface area (Å²) in [6.07, 6.45) is 1.35. The van der Waals surface area contributed by atoms with Gasteiger partial charge in [0.15, 0.2) is 0 Å².